The molecule has 1 aromatic rings. The van der Waals surface area contributed by atoms with Gasteiger partial charge in [0.15, 0.2) is 0 Å². The van der Waals surface area contributed by atoms with E-state index in [0.29, 0.717) is 5.56 Å². The Hall–Kier alpha value is -0.910. The largest absolute Gasteiger partial charge is 0.453 e. The lowest BCUT2D eigenvalue weighted by molar-refractivity contribution is -1.00. The third-order valence-electron chi connectivity index (χ3n) is 3.79. The number of esters is 1. The van der Waals surface area contributed by atoms with Crippen LogP contribution < -0.4 is 9.80 Å². The highest BCUT2D eigenvalue weighted by atomic mass is 79.9. The van der Waals surface area contributed by atoms with Crippen molar-refractivity contribution in [2.24, 2.45) is 0 Å². The number of carbonyl (C=O) groups is 1. The van der Waals surface area contributed by atoms with Crippen LogP contribution in [0.25, 0.3) is 0 Å². The molecule has 1 fully saturated rings. The number of nitrogens with one attached hydrogen (secondary N) is 2. The molecular weight excluding hydrogens is 320 g/mol. The Morgan fingerprint density at radius 2 is 1.95 bits per heavy atom. The Kier molecular flexibility index (Phi) is 5.57. The molecule has 4 nitrogen and oxygen atoms in total. The molecule has 0 bridgehead atoms. The summed E-state index contributed by atoms with van der Waals surface area (Å²) in [6.07, 6.45) is -0.0528. The van der Waals surface area contributed by atoms with E-state index in [1.807, 2.05) is 25.1 Å². The predicted octanol–water partition coefficient (Wildman–Crippen LogP) is -0.592. The molecule has 0 saturated carbocycles. The van der Waals surface area contributed by atoms with Gasteiger partial charge in [0.2, 0.25) is 0 Å². The Labute approximate surface area is 128 Å². The van der Waals surface area contributed by atoms with Gasteiger partial charge >= 0.3 is 5.97 Å². The minimum atomic E-state index is -0.246. The summed E-state index contributed by atoms with van der Waals surface area (Å²) < 4.78 is 6.34. The van der Waals surface area contributed by atoms with Gasteiger partial charge in [-0.1, -0.05) is 12.1 Å². The Morgan fingerprint density at radius 1 is 1.30 bits per heavy atom. The number of hydrogen-bond donors (Lipinski definition) is 2. The van der Waals surface area contributed by atoms with E-state index in [-0.39, 0.29) is 12.1 Å². The predicted molar refractivity (Wildman–Crippen MR) is 81.2 cm³/mol. The summed E-state index contributed by atoms with van der Waals surface area (Å²) in [5.41, 5.74) is 0.595. The van der Waals surface area contributed by atoms with Crippen LogP contribution in [0, 0.1) is 0 Å². The highest BCUT2D eigenvalue weighted by Crippen LogP contribution is 2.17. The molecule has 0 aliphatic carbocycles. The van der Waals surface area contributed by atoms with Crippen molar-refractivity contribution >= 4 is 21.9 Å². The molecule has 1 aliphatic heterocycles. The lowest BCUT2D eigenvalue weighted by Crippen LogP contribution is -3.27. The third-order valence-corrected chi connectivity index (χ3v) is 4.48. The van der Waals surface area contributed by atoms with Crippen LogP contribution in [0.3, 0.4) is 0 Å². The van der Waals surface area contributed by atoms with Crippen molar-refractivity contribution in [1.82, 2.24) is 0 Å². The molecule has 1 saturated heterocycles. The van der Waals surface area contributed by atoms with Crippen molar-refractivity contribution in [2.45, 2.75) is 13.0 Å². The van der Waals surface area contributed by atoms with Crippen LogP contribution in [-0.2, 0) is 4.74 Å². The second-order valence-corrected chi connectivity index (χ2v) is 6.46. The summed E-state index contributed by atoms with van der Waals surface area (Å²) in [7, 11) is 2.23. The fraction of sp³-hybridized carbons (Fsp3) is 0.533. The van der Waals surface area contributed by atoms with Gasteiger partial charge in [-0.3, -0.25) is 0 Å². The summed E-state index contributed by atoms with van der Waals surface area (Å²) >= 11 is 3.38. The highest BCUT2D eigenvalue weighted by molar-refractivity contribution is 9.10. The molecule has 0 radical (unpaired) electrons. The molecule has 0 spiro atoms. The van der Waals surface area contributed by atoms with E-state index in [9.17, 15) is 4.79 Å². The van der Waals surface area contributed by atoms with Gasteiger partial charge in [0.05, 0.1) is 12.6 Å². The quantitative estimate of drug-likeness (QED) is 0.717. The number of hydrogen-bond acceptors (Lipinski definition) is 2. The van der Waals surface area contributed by atoms with E-state index in [0.717, 1.165) is 24.1 Å². The van der Waals surface area contributed by atoms with E-state index >= 15 is 0 Å². The van der Waals surface area contributed by atoms with Crippen LogP contribution in [0.15, 0.2) is 28.7 Å². The molecule has 1 aliphatic rings. The average molecular weight is 343 g/mol. The van der Waals surface area contributed by atoms with Gasteiger partial charge in [0, 0.05) is 4.47 Å². The molecule has 5 heteroatoms. The third kappa shape index (κ3) is 4.30. The van der Waals surface area contributed by atoms with Crippen LogP contribution >= 0.6 is 15.9 Å². The van der Waals surface area contributed by atoms with Crippen LogP contribution in [0.2, 0.25) is 0 Å². The van der Waals surface area contributed by atoms with Gasteiger partial charge in [-0.25, -0.2) is 4.79 Å². The Balaban J connectivity index is 1.84. The van der Waals surface area contributed by atoms with Crippen LogP contribution in [0.1, 0.15) is 17.3 Å². The summed E-state index contributed by atoms with van der Waals surface area (Å²) in [4.78, 5) is 15.2. The number of quaternary nitrogens is 2. The Bertz CT molecular complexity index is 459. The lowest BCUT2D eigenvalue weighted by atomic mass is 10.2. The molecule has 2 rings (SSSR count). The number of benzene rings is 1. The number of rotatable bonds is 4. The van der Waals surface area contributed by atoms with Crippen LogP contribution in [0.5, 0.6) is 0 Å². The lowest BCUT2D eigenvalue weighted by Gasteiger charge is -2.28. The van der Waals surface area contributed by atoms with Crippen molar-refractivity contribution in [3.05, 3.63) is 34.3 Å². The molecule has 1 atom stereocenters. The normalized spacial score (nSPS) is 24.1. The average Bonchev–Trinajstić information content (AvgIpc) is 2.41. The van der Waals surface area contributed by atoms with E-state index in [2.05, 4.69) is 23.0 Å². The maximum Gasteiger partial charge on any atom is 0.339 e. The second kappa shape index (κ2) is 7.20. The van der Waals surface area contributed by atoms with Crippen molar-refractivity contribution in [3.63, 3.8) is 0 Å². The summed E-state index contributed by atoms with van der Waals surface area (Å²) in [6, 6.07) is 7.38. The van der Waals surface area contributed by atoms with Gasteiger partial charge in [-0.05, 0) is 35.0 Å². The molecule has 1 heterocycles. The maximum absolute atomic E-state index is 12.1. The SMILES string of the molecule is CC(C[NH+]1CC[NH+](C)CC1)OC(=O)c1ccccc1Br. The standard InChI is InChI=1S/C15H21BrN2O2/c1-12(11-18-9-7-17(2)8-10-18)20-15(19)13-5-3-4-6-14(13)16/h3-6,12H,7-11H2,1-2H3/p+2. The summed E-state index contributed by atoms with van der Waals surface area (Å²) in [5.74, 6) is -0.246. The molecule has 20 heavy (non-hydrogen) atoms. The Morgan fingerprint density at radius 3 is 2.60 bits per heavy atom. The van der Waals surface area contributed by atoms with Gasteiger partial charge in [0.25, 0.3) is 0 Å². The van der Waals surface area contributed by atoms with E-state index < -0.39 is 0 Å². The minimum absolute atomic E-state index is 0.0528. The minimum Gasteiger partial charge on any atom is -0.453 e. The number of piperazine rings is 1. The first-order chi connectivity index (χ1) is 9.56. The summed E-state index contributed by atoms with van der Waals surface area (Å²) in [6.45, 7) is 7.57. The monoisotopic (exact) mass is 342 g/mol. The van der Waals surface area contributed by atoms with Crippen molar-refractivity contribution in [1.29, 1.82) is 0 Å². The van der Waals surface area contributed by atoms with Gasteiger partial charge < -0.3 is 14.5 Å². The van der Waals surface area contributed by atoms with Crippen molar-refractivity contribution < 1.29 is 19.3 Å². The first-order valence-electron chi connectivity index (χ1n) is 7.16. The first-order valence-corrected chi connectivity index (χ1v) is 7.96. The van der Waals surface area contributed by atoms with Gasteiger partial charge in [0.1, 0.15) is 38.8 Å². The van der Waals surface area contributed by atoms with Crippen LogP contribution in [0.4, 0.5) is 0 Å². The maximum atomic E-state index is 12.1. The second-order valence-electron chi connectivity index (χ2n) is 5.61. The van der Waals surface area contributed by atoms with Crippen molar-refractivity contribution in [2.75, 3.05) is 39.8 Å². The highest BCUT2D eigenvalue weighted by Gasteiger charge is 2.23. The van der Waals surface area contributed by atoms with E-state index in [1.54, 1.807) is 11.0 Å². The van der Waals surface area contributed by atoms with Crippen molar-refractivity contribution in [3.8, 4) is 0 Å². The van der Waals surface area contributed by atoms with Crippen LogP contribution in [-0.4, -0.2) is 51.8 Å². The summed E-state index contributed by atoms with van der Waals surface area (Å²) in [5, 5.41) is 0. The number of likely N-dealkylation sites (N-methyl/N-ethyl adjacent to an activating group) is 1. The molecule has 0 amide bonds. The topological polar surface area (TPSA) is 35.2 Å². The molecule has 1 unspecified atom stereocenters. The molecule has 110 valence electrons. The fourth-order valence-corrected chi connectivity index (χ4v) is 3.00. The number of halogens is 1. The number of carbonyl (C=O) groups excluding carboxylic acids is 1. The van der Waals surface area contributed by atoms with E-state index in [4.69, 9.17) is 4.74 Å². The molecule has 1 aromatic carbocycles. The molecule has 2 N–H and O–H groups in total. The first kappa shape index (κ1) is 15.5. The zero-order valence-electron chi connectivity index (χ0n) is 12.1. The van der Waals surface area contributed by atoms with E-state index in [1.165, 1.54) is 18.0 Å². The van der Waals surface area contributed by atoms with Gasteiger partial charge in [-0.15, -0.1) is 0 Å². The number of ether oxygens (including phenoxy) is 1. The van der Waals surface area contributed by atoms with Gasteiger partial charge in [-0.2, -0.15) is 0 Å². The fourth-order valence-electron chi connectivity index (χ4n) is 2.56. The zero-order chi connectivity index (χ0) is 14.5. The molecule has 0 aromatic heterocycles. The smallest absolute Gasteiger partial charge is 0.339 e. The molecular formula is C15H23BrN2O2+2. The zero-order valence-corrected chi connectivity index (χ0v) is 13.7.